The van der Waals surface area contributed by atoms with E-state index < -0.39 is 5.82 Å². The Kier molecular flexibility index (Phi) is 3.69. The third-order valence-electron chi connectivity index (χ3n) is 4.15. The summed E-state index contributed by atoms with van der Waals surface area (Å²) in [6, 6.07) is 4.80. The molecule has 2 rings (SSSR count). The zero-order valence-corrected chi connectivity index (χ0v) is 11.2. The summed E-state index contributed by atoms with van der Waals surface area (Å²) in [6.45, 7) is 6.20. The van der Waals surface area contributed by atoms with E-state index in [4.69, 9.17) is 0 Å². The van der Waals surface area contributed by atoms with Crippen LogP contribution in [0.1, 0.15) is 42.6 Å². The summed E-state index contributed by atoms with van der Waals surface area (Å²) in [5.74, 6) is 0.346. The van der Waals surface area contributed by atoms with Gasteiger partial charge in [-0.15, -0.1) is 0 Å². The number of carbonyl (C=O) groups excluding carboxylic acids is 1. The summed E-state index contributed by atoms with van der Waals surface area (Å²) in [5.41, 5.74) is 1.05. The van der Waals surface area contributed by atoms with E-state index in [9.17, 15) is 9.18 Å². The number of nitrogens with one attached hydrogen (secondary N) is 1. The number of carbonyl (C=O) groups is 1. The number of hydrogen-bond donors (Lipinski definition) is 1. The molecule has 1 saturated carbocycles. The molecule has 18 heavy (non-hydrogen) atoms. The van der Waals surface area contributed by atoms with Gasteiger partial charge in [0.05, 0.1) is 5.56 Å². The van der Waals surface area contributed by atoms with Gasteiger partial charge >= 0.3 is 0 Å². The van der Waals surface area contributed by atoms with E-state index in [-0.39, 0.29) is 17.5 Å². The van der Waals surface area contributed by atoms with Crippen LogP contribution in [-0.2, 0) is 0 Å². The first-order valence-corrected chi connectivity index (χ1v) is 6.56. The third kappa shape index (κ3) is 2.55. The predicted molar refractivity (Wildman–Crippen MR) is 70.0 cm³/mol. The molecule has 1 aliphatic carbocycles. The van der Waals surface area contributed by atoms with E-state index >= 15 is 0 Å². The zero-order chi connectivity index (χ0) is 13.3. The summed E-state index contributed by atoms with van der Waals surface area (Å²) in [4.78, 5) is 12.1. The van der Waals surface area contributed by atoms with Gasteiger partial charge in [0.2, 0.25) is 0 Å². The second kappa shape index (κ2) is 5.09. The van der Waals surface area contributed by atoms with E-state index in [1.807, 2.05) is 6.92 Å². The molecule has 1 amide bonds. The largest absolute Gasteiger partial charge is 0.349 e. The summed E-state index contributed by atoms with van der Waals surface area (Å²) in [6.07, 6.45) is 2.12. The van der Waals surface area contributed by atoms with Crippen molar-refractivity contribution in [3.63, 3.8) is 0 Å². The van der Waals surface area contributed by atoms with Gasteiger partial charge in [-0.1, -0.05) is 25.5 Å². The Bertz CT molecular complexity index is 458. The zero-order valence-electron chi connectivity index (χ0n) is 11.2. The van der Waals surface area contributed by atoms with Gasteiger partial charge < -0.3 is 5.32 Å². The van der Waals surface area contributed by atoms with Gasteiger partial charge in [-0.05, 0) is 43.7 Å². The van der Waals surface area contributed by atoms with Crippen molar-refractivity contribution >= 4 is 5.91 Å². The number of halogens is 1. The summed E-state index contributed by atoms with van der Waals surface area (Å²) in [7, 11) is 0. The molecule has 3 unspecified atom stereocenters. The topological polar surface area (TPSA) is 29.1 Å². The normalized spacial score (nSPS) is 27.2. The molecule has 2 nitrogen and oxygen atoms in total. The fourth-order valence-electron chi connectivity index (χ4n) is 2.63. The fraction of sp³-hybridized carbons (Fsp3) is 0.533. The molecule has 0 spiro atoms. The molecule has 1 N–H and O–H groups in total. The quantitative estimate of drug-likeness (QED) is 0.856. The number of aryl methyl sites for hydroxylation is 1. The second-order valence-corrected chi connectivity index (χ2v) is 5.48. The van der Waals surface area contributed by atoms with Crippen LogP contribution < -0.4 is 5.32 Å². The average molecular weight is 249 g/mol. The van der Waals surface area contributed by atoms with E-state index in [0.29, 0.717) is 11.8 Å². The molecule has 1 aromatic carbocycles. The van der Waals surface area contributed by atoms with Gasteiger partial charge in [-0.3, -0.25) is 4.79 Å². The van der Waals surface area contributed by atoms with Crippen molar-refractivity contribution in [2.24, 2.45) is 11.8 Å². The molecule has 1 aliphatic rings. The van der Waals surface area contributed by atoms with Crippen molar-refractivity contribution in [3.8, 4) is 0 Å². The maximum absolute atomic E-state index is 13.6. The molecule has 3 heteroatoms. The standard InChI is InChI=1S/C15H20FNO/c1-9-4-6-13(16)12(8-9)15(18)17-14-7-5-10(2)11(14)3/h4,6,8,10-11,14H,5,7H2,1-3H3,(H,17,18). The van der Waals surface area contributed by atoms with Gasteiger partial charge in [0.15, 0.2) is 0 Å². The minimum atomic E-state index is -0.447. The number of benzene rings is 1. The van der Waals surface area contributed by atoms with Crippen molar-refractivity contribution in [2.45, 2.75) is 39.7 Å². The molecule has 0 saturated heterocycles. The van der Waals surface area contributed by atoms with Crippen molar-refractivity contribution in [2.75, 3.05) is 0 Å². The van der Waals surface area contributed by atoms with E-state index in [0.717, 1.165) is 18.4 Å². The van der Waals surface area contributed by atoms with Crippen LogP contribution in [0.15, 0.2) is 18.2 Å². The Morgan fingerprint density at radius 3 is 2.67 bits per heavy atom. The Morgan fingerprint density at radius 1 is 1.33 bits per heavy atom. The van der Waals surface area contributed by atoms with Crippen LogP contribution in [0.3, 0.4) is 0 Å². The third-order valence-corrected chi connectivity index (χ3v) is 4.15. The van der Waals surface area contributed by atoms with E-state index in [2.05, 4.69) is 19.2 Å². The van der Waals surface area contributed by atoms with Crippen LogP contribution in [-0.4, -0.2) is 11.9 Å². The van der Waals surface area contributed by atoms with Crippen molar-refractivity contribution in [1.82, 2.24) is 5.32 Å². The first-order chi connectivity index (χ1) is 8.49. The summed E-state index contributed by atoms with van der Waals surface area (Å²) < 4.78 is 13.6. The van der Waals surface area contributed by atoms with Crippen LogP contribution in [0.5, 0.6) is 0 Å². The first-order valence-electron chi connectivity index (χ1n) is 6.56. The molecule has 0 radical (unpaired) electrons. The molecule has 0 bridgehead atoms. The lowest BCUT2D eigenvalue weighted by Gasteiger charge is -2.19. The molecule has 98 valence electrons. The van der Waals surface area contributed by atoms with E-state index in [1.54, 1.807) is 12.1 Å². The fourth-order valence-corrected chi connectivity index (χ4v) is 2.63. The van der Waals surface area contributed by atoms with E-state index in [1.165, 1.54) is 6.07 Å². The maximum atomic E-state index is 13.6. The van der Waals surface area contributed by atoms with Crippen molar-refractivity contribution < 1.29 is 9.18 Å². The second-order valence-electron chi connectivity index (χ2n) is 5.48. The number of amides is 1. The SMILES string of the molecule is Cc1ccc(F)c(C(=O)NC2CCC(C)C2C)c1. The first kappa shape index (κ1) is 13.1. The highest BCUT2D eigenvalue weighted by Crippen LogP contribution is 2.31. The lowest BCUT2D eigenvalue weighted by Crippen LogP contribution is -2.37. The van der Waals surface area contributed by atoms with Gasteiger partial charge in [0, 0.05) is 6.04 Å². The van der Waals surface area contributed by atoms with Crippen molar-refractivity contribution in [1.29, 1.82) is 0 Å². The highest BCUT2D eigenvalue weighted by molar-refractivity contribution is 5.94. The molecule has 1 aromatic rings. The number of rotatable bonds is 2. The van der Waals surface area contributed by atoms with Crippen LogP contribution >= 0.6 is 0 Å². The Labute approximate surface area is 108 Å². The Balaban J connectivity index is 2.10. The molecule has 0 aromatic heterocycles. The van der Waals surface area contributed by atoms with Gasteiger partial charge in [-0.25, -0.2) is 4.39 Å². The highest BCUT2D eigenvalue weighted by atomic mass is 19.1. The highest BCUT2D eigenvalue weighted by Gasteiger charge is 2.31. The van der Waals surface area contributed by atoms with Crippen LogP contribution in [0.4, 0.5) is 4.39 Å². The molecule has 0 aliphatic heterocycles. The van der Waals surface area contributed by atoms with Gasteiger partial charge in [0.1, 0.15) is 5.82 Å². The predicted octanol–water partition coefficient (Wildman–Crippen LogP) is 3.30. The Hall–Kier alpha value is -1.38. The van der Waals surface area contributed by atoms with Gasteiger partial charge in [0.25, 0.3) is 5.91 Å². The lowest BCUT2D eigenvalue weighted by atomic mass is 9.97. The molecule has 1 fully saturated rings. The summed E-state index contributed by atoms with van der Waals surface area (Å²) in [5, 5.41) is 2.96. The smallest absolute Gasteiger partial charge is 0.254 e. The molecular weight excluding hydrogens is 229 g/mol. The monoisotopic (exact) mass is 249 g/mol. The maximum Gasteiger partial charge on any atom is 0.254 e. The van der Waals surface area contributed by atoms with Crippen LogP contribution in [0, 0.1) is 24.6 Å². The van der Waals surface area contributed by atoms with Crippen LogP contribution in [0.2, 0.25) is 0 Å². The molecule has 0 heterocycles. The number of hydrogen-bond acceptors (Lipinski definition) is 1. The average Bonchev–Trinajstić information content (AvgIpc) is 2.64. The van der Waals surface area contributed by atoms with Crippen molar-refractivity contribution in [3.05, 3.63) is 35.1 Å². The van der Waals surface area contributed by atoms with Gasteiger partial charge in [-0.2, -0.15) is 0 Å². The minimum absolute atomic E-state index is 0.154. The lowest BCUT2D eigenvalue weighted by molar-refractivity contribution is 0.0923. The Morgan fingerprint density at radius 2 is 2.06 bits per heavy atom. The minimum Gasteiger partial charge on any atom is -0.349 e. The molecular formula is C15H20FNO. The summed E-state index contributed by atoms with van der Waals surface area (Å²) >= 11 is 0. The molecule has 3 atom stereocenters. The van der Waals surface area contributed by atoms with Crippen LogP contribution in [0.25, 0.3) is 0 Å².